The maximum Gasteiger partial charge on any atom is 0.273 e. The summed E-state index contributed by atoms with van der Waals surface area (Å²) in [5.41, 5.74) is 0.318. The van der Waals surface area contributed by atoms with E-state index in [0.29, 0.717) is 24.1 Å². The Balaban J connectivity index is 1.99. The standard InChI is InChI=1S/C13H22N4O2/c1-9-4-3-5-10(2)12(9)14-13(19)11-8-17(6-7-18)16-15-11/h8-10,12,18H,3-7H2,1-2H3,(H,14,19). The van der Waals surface area contributed by atoms with Crippen LogP contribution in [0.5, 0.6) is 0 Å². The van der Waals surface area contributed by atoms with E-state index >= 15 is 0 Å². The lowest BCUT2D eigenvalue weighted by Gasteiger charge is -2.34. The topological polar surface area (TPSA) is 80.0 Å². The molecule has 0 aliphatic heterocycles. The van der Waals surface area contributed by atoms with E-state index in [1.165, 1.54) is 11.1 Å². The molecule has 6 heteroatoms. The Morgan fingerprint density at radius 3 is 2.79 bits per heavy atom. The van der Waals surface area contributed by atoms with E-state index in [2.05, 4.69) is 29.5 Å². The van der Waals surface area contributed by atoms with E-state index in [1.54, 1.807) is 6.20 Å². The van der Waals surface area contributed by atoms with Crippen molar-refractivity contribution in [3.05, 3.63) is 11.9 Å². The first kappa shape index (κ1) is 14.0. The lowest BCUT2D eigenvalue weighted by atomic mass is 9.78. The number of carbonyl (C=O) groups excluding carboxylic acids is 1. The Morgan fingerprint density at radius 1 is 1.47 bits per heavy atom. The molecular formula is C13H22N4O2. The molecule has 1 aliphatic rings. The number of rotatable bonds is 4. The number of amides is 1. The van der Waals surface area contributed by atoms with Crippen molar-refractivity contribution in [2.24, 2.45) is 11.8 Å². The number of nitrogens with one attached hydrogen (secondary N) is 1. The van der Waals surface area contributed by atoms with Gasteiger partial charge in [-0.3, -0.25) is 4.79 Å². The lowest BCUT2D eigenvalue weighted by molar-refractivity contribution is 0.0875. The van der Waals surface area contributed by atoms with Crippen LogP contribution in [-0.2, 0) is 6.54 Å². The summed E-state index contributed by atoms with van der Waals surface area (Å²) in [6.45, 7) is 4.71. The SMILES string of the molecule is CC1CCCC(C)C1NC(=O)c1cn(CCO)nn1. The van der Waals surface area contributed by atoms with Gasteiger partial charge in [0.25, 0.3) is 5.91 Å². The molecule has 1 aromatic heterocycles. The van der Waals surface area contributed by atoms with Crippen LogP contribution in [0.4, 0.5) is 0 Å². The molecule has 1 heterocycles. The summed E-state index contributed by atoms with van der Waals surface area (Å²) in [5, 5.41) is 19.5. The third kappa shape index (κ3) is 3.32. The third-order valence-corrected chi connectivity index (χ3v) is 3.94. The summed E-state index contributed by atoms with van der Waals surface area (Å²) in [6, 6.07) is 0.212. The molecule has 0 saturated heterocycles. The maximum absolute atomic E-state index is 12.1. The second-order valence-electron chi connectivity index (χ2n) is 5.48. The molecule has 1 fully saturated rings. The minimum Gasteiger partial charge on any atom is -0.394 e. The number of nitrogens with zero attached hydrogens (tertiary/aromatic N) is 3. The molecule has 2 N–H and O–H groups in total. The smallest absolute Gasteiger partial charge is 0.273 e. The van der Waals surface area contributed by atoms with Gasteiger partial charge >= 0.3 is 0 Å². The van der Waals surface area contributed by atoms with Gasteiger partial charge in [0, 0.05) is 6.04 Å². The van der Waals surface area contributed by atoms with E-state index in [-0.39, 0.29) is 18.6 Å². The Kier molecular flexibility index (Phi) is 4.52. The fourth-order valence-electron chi connectivity index (χ4n) is 2.81. The molecule has 2 unspecified atom stereocenters. The van der Waals surface area contributed by atoms with Crippen molar-refractivity contribution in [1.29, 1.82) is 0 Å². The van der Waals surface area contributed by atoms with E-state index in [9.17, 15) is 4.79 Å². The van der Waals surface area contributed by atoms with Gasteiger partial charge in [0.2, 0.25) is 0 Å². The van der Waals surface area contributed by atoms with Crippen LogP contribution in [-0.4, -0.2) is 38.7 Å². The van der Waals surface area contributed by atoms with E-state index in [4.69, 9.17) is 5.11 Å². The Labute approximate surface area is 113 Å². The first-order chi connectivity index (χ1) is 9.11. The highest BCUT2D eigenvalue weighted by atomic mass is 16.3. The fourth-order valence-corrected chi connectivity index (χ4v) is 2.81. The number of aliphatic hydroxyl groups is 1. The van der Waals surface area contributed by atoms with E-state index in [1.807, 2.05) is 0 Å². The average molecular weight is 266 g/mol. The predicted octanol–water partition coefficient (Wildman–Crippen LogP) is 0.825. The van der Waals surface area contributed by atoms with Gasteiger partial charge in [-0.1, -0.05) is 25.5 Å². The number of hydrogen-bond donors (Lipinski definition) is 2. The van der Waals surface area contributed by atoms with Gasteiger partial charge in [0.05, 0.1) is 19.3 Å². The van der Waals surface area contributed by atoms with Crippen LogP contribution in [0.1, 0.15) is 43.6 Å². The van der Waals surface area contributed by atoms with Crippen molar-refractivity contribution < 1.29 is 9.90 Å². The zero-order valence-corrected chi connectivity index (χ0v) is 11.5. The summed E-state index contributed by atoms with van der Waals surface area (Å²) in [4.78, 5) is 12.1. The highest BCUT2D eigenvalue weighted by molar-refractivity contribution is 5.92. The van der Waals surface area contributed by atoms with Gasteiger partial charge in [-0.25, -0.2) is 4.68 Å². The Hall–Kier alpha value is -1.43. The highest BCUT2D eigenvalue weighted by Gasteiger charge is 2.29. The molecule has 1 saturated carbocycles. The van der Waals surface area contributed by atoms with Crippen LogP contribution < -0.4 is 5.32 Å². The molecule has 0 spiro atoms. The molecule has 1 aliphatic carbocycles. The molecular weight excluding hydrogens is 244 g/mol. The summed E-state index contributed by atoms with van der Waals surface area (Å²) in [5.74, 6) is 0.829. The van der Waals surface area contributed by atoms with Crippen LogP contribution in [0, 0.1) is 11.8 Å². The van der Waals surface area contributed by atoms with Gasteiger partial charge in [-0.05, 0) is 24.7 Å². The third-order valence-electron chi connectivity index (χ3n) is 3.94. The molecule has 2 rings (SSSR count). The van der Waals surface area contributed by atoms with Crippen LogP contribution in [0.2, 0.25) is 0 Å². The largest absolute Gasteiger partial charge is 0.394 e. The van der Waals surface area contributed by atoms with Crippen molar-refractivity contribution in [1.82, 2.24) is 20.3 Å². The molecule has 106 valence electrons. The molecule has 0 radical (unpaired) electrons. The Morgan fingerprint density at radius 2 is 2.16 bits per heavy atom. The summed E-state index contributed by atoms with van der Waals surface area (Å²) in [7, 11) is 0. The molecule has 1 amide bonds. The van der Waals surface area contributed by atoms with Gasteiger partial charge in [-0.15, -0.1) is 5.10 Å². The number of carbonyl (C=O) groups is 1. The van der Waals surface area contributed by atoms with E-state index in [0.717, 1.165) is 12.8 Å². The van der Waals surface area contributed by atoms with Crippen LogP contribution in [0.3, 0.4) is 0 Å². The van der Waals surface area contributed by atoms with Crippen LogP contribution in [0.15, 0.2) is 6.20 Å². The summed E-state index contributed by atoms with van der Waals surface area (Å²) >= 11 is 0. The zero-order valence-electron chi connectivity index (χ0n) is 11.5. The van der Waals surface area contributed by atoms with E-state index < -0.39 is 0 Å². The Bertz CT molecular complexity index is 422. The van der Waals surface area contributed by atoms with Crippen molar-refractivity contribution in [3.63, 3.8) is 0 Å². The maximum atomic E-state index is 12.1. The number of aliphatic hydroxyl groups excluding tert-OH is 1. The van der Waals surface area contributed by atoms with Gasteiger partial charge in [0.15, 0.2) is 5.69 Å². The van der Waals surface area contributed by atoms with Crippen LogP contribution >= 0.6 is 0 Å². The van der Waals surface area contributed by atoms with Crippen molar-refractivity contribution in [3.8, 4) is 0 Å². The average Bonchev–Trinajstić information content (AvgIpc) is 2.83. The monoisotopic (exact) mass is 266 g/mol. The quantitative estimate of drug-likeness (QED) is 0.845. The number of hydrogen-bond acceptors (Lipinski definition) is 4. The zero-order chi connectivity index (χ0) is 13.8. The minimum absolute atomic E-state index is 0.0128. The van der Waals surface area contributed by atoms with Crippen molar-refractivity contribution >= 4 is 5.91 Å². The second kappa shape index (κ2) is 6.14. The fraction of sp³-hybridized carbons (Fsp3) is 0.769. The molecule has 19 heavy (non-hydrogen) atoms. The minimum atomic E-state index is -0.171. The molecule has 6 nitrogen and oxygen atoms in total. The van der Waals surface area contributed by atoms with Gasteiger partial charge in [-0.2, -0.15) is 0 Å². The van der Waals surface area contributed by atoms with Crippen molar-refractivity contribution in [2.75, 3.05) is 6.61 Å². The first-order valence-electron chi connectivity index (χ1n) is 6.93. The lowest BCUT2D eigenvalue weighted by Crippen LogP contribution is -2.45. The number of aromatic nitrogens is 3. The highest BCUT2D eigenvalue weighted by Crippen LogP contribution is 2.28. The van der Waals surface area contributed by atoms with Crippen molar-refractivity contribution in [2.45, 2.75) is 45.7 Å². The predicted molar refractivity (Wildman–Crippen MR) is 70.5 cm³/mol. The first-order valence-corrected chi connectivity index (χ1v) is 6.93. The molecule has 1 aromatic rings. The van der Waals surface area contributed by atoms with Crippen LogP contribution in [0.25, 0.3) is 0 Å². The summed E-state index contributed by atoms with van der Waals surface area (Å²) in [6.07, 6.45) is 5.13. The second-order valence-corrected chi connectivity index (χ2v) is 5.48. The molecule has 2 atom stereocenters. The van der Waals surface area contributed by atoms with Gasteiger partial charge in [0.1, 0.15) is 0 Å². The molecule has 0 bridgehead atoms. The normalized spacial score (nSPS) is 27.2. The van der Waals surface area contributed by atoms with Gasteiger partial charge < -0.3 is 10.4 Å². The summed E-state index contributed by atoms with van der Waals surface area (Å²) < 4.78 is 1.47. The molecule has 0 aromatic carbocycles.